The van der Waals surface area contributed by atoms with Crippen LogP contribution in [0.1, 0.15) is 52.9 Å². The Morgan fingerprint density at radius 3 is 2.44 bits per heavy atom. The number of amides is 2. The molecule has 0 bridgehead atoms. The molecule has 0 spiro atoms. The average molecular weight is 496 g/mol. The van der Waals surface area contributed by atoms with Crippen LogP contribution < -0.4 is 5.32 Å². The summed E-state index contributed by atoms with van der Waals surface area (Å²) in [4.78, 5) is 27.5. The third-order valence-electron chi connectivity index (χ3n) is 7.04. The second-order valence-electron chi connectivity index (χ2n) is 10.6. The van der Waals surface area contributed by atoms with Gasteiger partial charge in [0.2, 0.25) is 15.9 Å². The molecule has 0 radical (unpaired) electrons. The van der Waals surface area contributed by atoms with Gasteiger partial charge in [-0.1, -0.05) is 0 Å². The number of nitrogens with zero attached hydrogens (tertiary/aromatic N) is 2. The number of carbonyl (C=O) groups excluding carboxylic acids is 2. The topological polar surface area (TPSA) is 96.0 Å². The minimum Gasteiger partial charge on any atom is -0.444 e. The fourth-order valence-corrected chi connectivity index (χ4v) is 6.91. The zero-order chi connectivity index (χ0) is 24.7. The van der Waals surface area contributed by atoms with E-state index in [1.54, 1.807) is 20.8 Å². The normalized spacial score (nSPS) is 27.9. The Kier molecular flexibility index (Phi) is 6.92. The Morgan fingerprint density at radius 2 is 1.76 bits per heavy atom. The van der Waals surface area contributed by atoms with E-state index in [-0.39, 0.29) is 28.7 Å². The second-order valence-corrected chi connectivity index (χ2v) is 12.5. The highest BCUT2D eigenvalue weighted by molar-refractivity contribution is 7.89. The molecular weight excluding hydrogens is 461 g/mol. The molecule has 2 heterocycles. The van der Waals surface area contributed by atoms with Gasteiger partial charge in [-0.15, -0.1) is 0 Å². The van der Waals surface area contributed by atoms with E-state index in [2.05, 4.69) is 5.32 Å². The van der Waals surface area contributed by atoms with Crippen LogP contribution in [-0.2, 0) is 19.6 Å². The van der Waals surface area contributed by atoms with Crippen LogP contribution in [0.5, 0.6) is 0 Å². The van der Waals surface area contributed by atoms with Crippen LogP contribution in [0.15, 0.2) is 29.2 Å². The maximum absolute atomic E-state index is 13.2. The van der Waals surface area contributed by atoms with Gasteiger partial charge in [-0.3, -0.25) is 9.69 Å². The number of nitrogens with one attached hydrogen (secondary N) is 1. The number of carbonyl (C=O) groups is 2. The molecule has 3 aliphatic rings. The lowest BCUT2D eigenvalue weighted by Gasteiger charge is -2.36. The number of ether oxygens (including phenoxy) is 1. The van der Waals surface area contributed by atoms with Crippen molar-refractivity contribution in [3.05, 3.63) is 30.1 Å². The van der Waals surface area contributed by atoms with Crippen LogP contribution in [0.25, 0.3) is 0 Å². The number of halogens is 1. The van der Waals surface area contributed by atoms with Gasteiger partial charge in [0.15, 0.2) is 0 Å². The van der Waals surface area contributed by atoms with Gasteiger partial charge < -0.3 is 10.1 Å². The second kappa shape index (κ2) is 9.45. The van der Waals surface area contributed by atoms with Crippen LogP contribution in [0.4, 0.5) is 9.18 Å². The number of benzene rings is 1. The first-order valence-electron chi connectivity index (χ1n) is 12.0. The third-order valence-corrected chi connectivity index (χ3v) is 8.88. The lowest BCUT2D eigenvalue weighted by molar-refractivity contribution is -0.128. The molecule has 34 heavy (non-hydrogen) atoms. The van der Waals surface area contributed by atoms with Crippen molar-refractivity contribution in [3.63, 3.8) is 0 Å². The molecule has 0 aromatic heterocycles. The Bertz CT molecular complexity index is 1020. The fraction of sp³-hybridized carbons (Fsp3) is 0.667. The molecule has 1 aliphatic carbocycles. The van der Waals surface area contributed by atoms with E-state index < -0.39 is 33.6 Å². The summed E-state index contributed by atoms with van der Waals surface area (Å²) in [6, 6.07) is 4.14. The number of sulfonamides is 1. The van der Waals surface area contributed by atoms with Gasteiger partial charge in [0.1, 0.15) is 17.5 Å². The first kappa shape index (κ1) is 24.9. The predicted octanol–water partition coefficient (Wildman–Crippen LogP) is 3.13. The van der Waals surface area contributed by atoms with Crippen molar-refractivity contribution in [1.82, 2.24) is 14.5 Å². The van der Waals surface area contributed by atoms with Crippen molar-refractivity contribution in [2.75, 3.05) is 19.6 Å². The summed E-state index contributed by atoms with van der Waals surface area (Å²) in [6.07, 6.45) is 3.40. The van der Waals surface area contributed by atoms with E-state index in [1.807, 2.05) is 0 Å². The van der Waals surface area contributed by atoms with Crippen LogP contribution in [-0.4, -0.2) is 66.9 Å². The van der Waals surface area contributed by atoms with Crippen molar-refractivity contribution >= 4 is 22.0 Å². The molecule has 188 valence electrons. The standard InChI is InChI=1S/C24H34FN3O5S/c1-24(2,3)33-23(30)28-13-5-4-6-21(28)22(29)26-20-12-7-16-14-27(15-19(16)20)34(31,32)18-10-8-17(25)9-11-18/h8-11,16,19-21H,4-7,12-15H2,1-3H3,(H,26,29)/t16-,19+,20+,21-/m0/s1. The summed E-state index contributed by atoms with van der Waals surface area (Å²) in [6.45, 7) is 6.59. The third kappa shape index (κ3) is 5.22. The average Bonchev–Trinajstić information content (AvgIpc) is 3.35. The van der Waals surface area contributed by atoms with E-state index in [0.717, 1.165) is 37.8 Å². The number of hydrogen-bond acceptors (Lipinski definition) is 5. The number of hydrogen-bond donors (Lipinski definition) is 1. The summed E-state index contributed by atoms with van der Waals surface area (Å²) in [5.74, 6) is -0.509. The molecule has 1 N–H and O–H groups in total. The van der Waals surface area contributed by atoms with Gasteiger partial charge in [-0.05, 0) is 89.0 Å². The molecule has 1 saturated carbocycles. The van der Waals surface area contributed by atoms with Crippen LogP contribution in [0.2, 0.25) is 0 Å². The Labute approximate surface area is 200 Å². The first-order valence-corrected chi connectivity index (χ1v) is 13.5. The SMILES string of the molecule is CC(C)(C)OC(=O)N1CCCC[C@H]1C(=O)N[C@@H]1CC[C@H]2CN(S(=O)(=O)c3ccc(F)cc3)C[C@H]21. The zero-order valence-corrected chi connectivity index (χ0v) is 20.8. The smallest absolute Gasteiger partial charge is 0.410 e. The maximum atomic E-state index is 13.2. The Balaban J connectivity index is 1.41. The molecule has 4 atom stereocenters. The first-order chi connectivity index (χ1) is 16.0. The van der Waals surface area contributed by atoms with E-state index in [0.29, 0.717) is 26.1 Å². The Hall–Kier alpha value is -2.20. The van der Waals surface area contributed by atoms with E-state index in [4.69, 9.17) is 4.74 Å². The quantitative estimate of drug-likeness (QED) is 0.692. The number of rotatable bonds is 4. The van der Waals surface area contributed by atoms with Gasteiger partial charge in [-0.25, -0.2) is 17.6 Å². The molecule has 2 saturated heterocycles. The summed E-state index contributed by atoms with van der Waals surface area (Å²) in [5, 5.41) is 3.13. The van der Waals surface area contributed by atoms with Gasteiger partial charge in [-0.2, -0.15) is 4.31 Å². The molecule has 10 heteroatoms. The highest BCUT2D eigenvalue weighted by atomic mass is 32.2. The monoisotopic (exact) mass is 495 g/mol. The van der Waals surface area contributed by atoms with E-state index in [9.17, 15) is 22.4 Å². The molecule has 0 unspecified atom stereocenters. The lowest BCUT2D eigenvalue weighted by atomic mass is 9.96. The number of likely N-dealkylation sites (tertiary alicyclic amines) is 1. The van der Waals surface area contributed by atoms with Gasteiger partial charge in [0, 0.05) is 25.7 Å². The van der Waals surface area contributed by atoms with Crippen LogP contribution in [0, 0.1) is 17.7 Å². The molecule has 3 fully saturated rings. The van der Waals surface area contributed by atoms with Crippen molar-refractivity contribution in [3.8, 4) is 0 Å². The maximum Gasteiger partial charge on any atom is 0.410 e. The lowest BCUT2D eigenvalue weighted by Crippen LogP contribution is -2.55. The van der Waals surface area contributed by atoms with Gasteiger partial charge >= 0.3 is 6.09 Å². The highest BCUT2D eigenvalue weighted by Crippen LogP contribution is 2.40. The summed E-state index contributed by atoms with van der Waals surface area (Å²) in [5.41, 5.74) is -0.641. The van der Waals surface area contributed by atoms with Crippen LogP contribution >= 0.6 is 0 Å². The van der Waals surface area contributed by atoms with Crippen molar-refractivity contribution in [2.45, 2.75) is 75.5 Å². The fourth-order valence-electron chi connectivity index (χ4n) is 5.38. The number of piperidine rings is 1. The van der Waals surface area contributed by atoms with Gasteiger partial charge in [0.25, 0.3) is 0 Å². The summed E-state index contributed by atoms with van der Waals surface area (Å²) >= 11 is 0. The predicted molar refractivity (Wildman–Crippen MR) is 124 cm³/mol. The molecular formula is C24H34FN3O5S. The molecule has 2 aliphatic heterocycles. The minimum absolute atomic E-state index is 0.0118. The summed E-state index contributed by atoms with van der Waals surface area (Å²) < 4.78 is 46.3. The van der Waals surface area contributed by atoms with Crippen molar-refractivity contribution in [2.24, 2.45) is 11.8 Å². The largest absolute Gasteiger partial charge is 0.444 e. The molecule has 1 aromatic rings. The van der Waals surface area contributed by atoms with E-state index in [1.165, 1.54) is 21.3 Å². The van der Waals surface area contributed by atoms with E-state index >= 15 is 0 Å². The summed E-state index contributed by atoms with van der Waals surface area (Å²) in [7, 11) is -3.72. The highest BCUT2D eigenvalue weighted by Gasteiger charge is 2.47. The minimum atomic E-state index is -3.72. The van der Waals surface area contributed by atoms with Crippen molar-refractivity contribution < 1.29 is 27.1 Å². The zero-order valence-electron chi connectivity index (χ0n) is 20.0. The van der Waals surface area contributed by atoms with Crippen molar-refractivity contribution in [1.29, 1.82) is 0 Å². The molecule has 2 amide bonds. The molecule has 4 rings (SSSR count). The van der Waals surface area contributed by atoms with Gasteiger partial charge in [0.05, 0.1) is 4.90 Å². The molecule has 8 nitrogen and oxygen atoms in total. The Morgan fingerprint density at radius 1 is 1.06 bits per heavy atom. The molecule has 1 aromatic carbocycles. The number of fused-ring (bicyclic) bond motifs is 1. The van der Waals surface area contributed by atoms with Crippen LogP contribution in [0.3, 0.4) is 0 Å².